The van der Waals surface area contributed by atoms with Crippen molar-refractivity contribution >= 4 is 34.6 Å². The Labute approximate surface area is 270 Å². The van der Waals surface area contributed by atoms with E-state index in [2.05, 4.69) is 57.1 Å². The molecule has 2 aliphatic heterocycles. The first-order valence-corrected chi connectivity index (χ1v) is 16.2. The van der Waals surface area contributed by atoms with Crippen LogP contribution < -0.4 is 15.1 Å². The predicted octanol–water partition coefficient (Wildman–Crippen LogP) is 6.20. The maximum atomic E-state index is 12.8. The van der Waals surface area contributed by atoms with Crippen LogP contribution in [-0.2, 0) is 22.5 Å². The number of piperidine rings is 1. The van der Waals surface area contributed by atoms with Crippen molar-refractivity contribution in [3.63, 3.8) is 0 Å². The molecule has 1 atom stereocenters. The highest BCUT2D eigenvalue weighted by Crippen LogP contribution is 2.45. The fraction of sp³-hybridized carbons (Fsp3) is 0.514. The van der Waals surface area contributed by atoms with E-state index >= 15 is 0 Å². The Morgan fingerprint density at radius 3 is 2.46 bits per heavy atom. The number of aryl methyl sites for hydroxylation is 2. The molecule has 1 saturated heterocycles. The van der Waals surface area contributed by atoms with E-state index in [4.69, 9.17) is 19.7 Å². The van der Waals surface area contributed by atoms with Crippen LogP contribution in [0.3, 0.4) is 0 Å². The molecule has 3 aromatic heterocycles. The number of fused-ring (bicyclic) bond motifs is 2. The highest BCUT2D eigenvalue weighted by Gasteiger charge is 2.36. The molecule has 4 aromatic rings. The zero-order valence-corrected chi connectivity index (χ0v) is 28.3. The van der Waals surface area contributed by atoms with E-state index in [9.17, 15) is 9.90 Å². The van der Waals surface area contributed by atoms with Crippen LogP contribution in [0.25, 0.3) is 22.3 Å². The van der Waals surface area contributed by atoms with Gasteiger partial charge in [-0.2, -0.15) is 9.97 Å². The van der Waals surface area contributed by atoms with E-state index in [1.807, 2.05) is 41.7 Å². The van der Waals surface area contributed by atoms with Gasteiger partial charge in [0.05, 0.1) is 17.6 Å². The second kappa shape index (κ2) is 11.8. The molecule has 0 aliphatic carbocycles. The number of nitrogens with one attached hydrogen (secondary N) is 2. The van der Waals surface area contributed by atoms with E-state index in [1.54, 1.807) is 6.33 Å². The molecule has 11 nitrogen and oxygen atoms in total. The summed E-state index contributed by atoms with van der Waals surface area (Å²) in [6, 6.07) is 6.61. The zero-order chi connectivity index (χ0) is 33.0. The van der Waals surface area contributed by atoms with Crippen molar-refractivity contribution in [2.45, 2.75) is 86.0 Å². The van der Waals surface area contributed by atoms with Crippen LogP contribution in [-0.4, -0.2) is 68.3 Å². The fourth-order valence-corrected chi connectivity index (χ4v) is 6.78. The number of ether oxygens (including phenoxy) is 1. The largest absolute Gasteiger partial charge is 0.479 e. The summed E-state index contributed by atoms with van der Waals surface area (Å²) in [5.41, 5.74) is 8.69. The highest BCUT2D eigenvalue weighted by atomic mass is 16.5. The molecule has 46 heavy (non-hydrogen) atoms. The Morgan fingerprint density at radius 2 is 1.78 bits per heavy atom. The SMILES string of the molecule is CNc1nc(N2CCc3cc(-c4c(C)nc(C)c(C(OC(C)(C)C)C(=O)O)c4N4CCC(C)(C)CC4)ccc3C2)nc2nc[nH]c12. The van der Waals surface area contributed by atoms with E-state index in [1.165, 1.54) is 11.1 Å². The van der Waals surface area contributed by atoms with Crippen LogP contribution in [0.5, 0.6) is 0 Å². The molecule has 6 rings (SSSR count). The molecular weight excluding hydrogens is 580 g/mol. The number of benzene rings is 1. The fourth-order valence-electron chi connectivity index (χ4n) is 6.78. The lowest BCUT2D eigenvalue weighted by atomic mass is 9.81. The van der Waals surface area contributed by atoms with Gasteiger partial charge in [-0.05, 0) is 76.0 Å². The van der Waals surface area contributed by atoms with Crippen LogP contribution in [0.2, 0.25) is 0 Å². The standard InChI is InChI=1S/C35H46N8O3/c1-20-25(28(42-15-12-35(6,7)13-16-42)26(21(2)39-20)29(32(44)45)46-34(3,4)5)23-9-10-24-18-43(14-11-22(24)17-23)33-40-30(36-8)27-31(41-33)38-19-37-27/h9-10,17,19,29H,11-16,18H2,1-8H3,(H,44,45)(H2,36,37,38,40,41). The maximum absolute atomic E-state index is 12.8. The van der Waals surface area contributed by atoms with Crippen LogP contribution in [0.4, 0.5) is 17.5 Å². The number of rotatable bonds is 7. The number of nitrogens with zero attached hydrogens (tertiary/aromatic N) is 6. The molecule has 0 bridgehead atoms. The van der Waals surface area contributed by atoms with Crippen molar-refractivity contribution in [1.82, 2.24) is 24.9 Å². The molecule has 1 fully saturated rings. The van der Waals surface area contributed by atoms with Gasteiger partial charge in [-0.15, -0.1) is 0 Å². The van der Waals surface area contributed by atoms with Crippen molar-refractivity contribution in [3.8, 4) is 11.1 Å². The number of imidazole rings is 1. The first kappa shape index (κ1) is 31.7. The van der Waals surface area contributed by atoms with Crippen molar-refractivity contribution in [2.24, 2.45) is 5.41 Å². The summed E-state index contributed by atoms with van der Waals surface area (Å²) in [5, 5.41) is 13.7. The molecule has 3 N–H and O–H groups in total. The van der Waals surface area contributed by atoms with Gasteiger partial charge in [-0.1, -0.05) is 32.0 Å². The molecule has 244 valence electrons. The van der Waals surface area contributed by atoms with Crippen LogP contribution in [0.1, 0.15) is 81.6 Å². The van der Waals surface area contributed by atoms with Gasteiger partial charge in [0.15, 0.2) is 17.6 Å². The Morgan fingerprint density at radius 1 is 1.04 bits per heavy atom. The van der Waals surface area contributed by atoms with E-state index in [0.717, 1.165) is 72.7 Å². The van der Waals surface area contributed by atoms with Crippen molar-refractivity contribution in [2.75, 3.05) is 41.8 Å². The van der Waals surface area contributed by atoms with Crippen molar-refractivity contribution in [3.05, 3.63) is 52.6 Å². The number of carboxylic acids is 1. The summed E-state index contributed by atoms with van der Waals surface area (Å²) in [7, 11) is 1.85. The molecule has 11 heteroatoms. The highest BCUT2D eigenvalue weighted by molar-refractivity contribution is 5.88. The number of aromatic amines is 1. The third-order valence-electron chi connectivity index (χ3n) is 9.27. The normalized spacial score (nSPS) is 17.2. The van der Waals surface area contributed by atoms with E-state index in [0.29, 0.717) is 29.4 Å². The first-order chi connectivity index (χ1) is 21.7. The quantitative estimate of drug-likeness (QED) is 0.218. The van der Waals surface area contributed by atoms with Gasteiger partial charge in [0.25, 0.3) is 0 Å². The monoisotopic (exact) mass is 626 g/mol. The minimum Gasteiger partial charge on any atom is -0.479 e. The molecule has 5 heterocycles. The molecular formula is C35H46N8O3. The third kappa shape index (κ3) is 6.12. The van der Waals surface area contributed by atoms with Crippen LogP contribution in [0, 0.1) is 19.3 Å². The minimum absolute atomic E-state index is 0.235. The topological polar surface area (TPSA) is 132 Å². The number of aliphatic carboxylic acids is 1. The smallest absolute Gasteiger partial charge is 0.337 e. The number of carbonyl (C=O) groups is 1. The van der Waals surface area contributed by atoms with Crippen molar-refractivity contribution < 1.29 is 14.6 Å². The zero-order valence-electron chi connectivity index (χ0n) is 28.3. The Balaban J connectivity index is 1.42. The van der Waals surface area contributed by atoms with Gasteiger partial charge in [-0.3, -0.25) is 4.98 Å². The molecule has 0 saturated carbocycles. The van der Waals surface area contributed by atoms with Gasteiger partial charge in [0.1, 0.15) is 5.52 Å². The lowest BCUT2D eigenvalue weighted by Crippen LogP contribution is -2.39. The van der Waals surface area contributed by atoms with E-state index in [-0.39, 0.29) is 5.41 Å². The number of aromatic nitrogens is 5. The van der Waals surface area contributed by atoms with Crippen LogP contribution in [0.15, 0.2) is 24.5 Å². The summed E-state index contributed by atoms with van der Waals surface area (Å²) < 4.78 is 6.26. The van der Waals surface area contributed by atoms with Gasteiger partial charge in [-0.25, -0.2) is 9.78 Å². The van der Waals surface area contributed by atoms with Crippen LogP contribution >= 0.6 is 0 Å². The Bertz CT molecular complexity index is 1780. The number of pyridine rings is 1. The molecule has 0 amide bonds. The van der Waals surface area contributed by atoms with Gasteiger partial charge < -0.3 is 29.9 Å². The second-order valence-electron chi connectivity index (χ2n) is 14.4. The van der Waals surface area contributed by atoms with Gasteiger partial charge in [0, 0.05) is 55.7 Å². The summed E-state index contributed by atoms with van der Waals surface area (Å²) in [5.74, 6) is 0.367. The molecule has 1 unspecified atom stereocenters. The number of H-pyrrole nitrogens is 1. The van der Waals surface area contributed by atoms with Crippen molar-refractivity contribution in [1.29, 1.82) is 0 Å². The summed E-state index contributed by atoms with van der Waals surface area (Å²) in [6.45, 7) is 17.4. The second-order valence-corrected chi connectivity index (χ2v) is 14.4. The summed E-state index contributed by atoms with van der Waals surface area (Å²) in [4.78, 5) is 39.3. The first-order valence-electron chi connectivity index (χ1n) is 16.2. The van der Waals surface area contributed by atoms with Gasteiger partial charge >= 0.3 is 5.97 Å². The average molecular weight is 627 g/mol. The average Bonchev–Trinajstić information content (AvgIpc) is 3.47. The van der Waals surface area contributed by atoms with Gasteiger partial charge in [0.2, 0.25) is 5.95 Å². The Hall–Kier alpha value is -4.25. The number of carboxylic acid groups (broad SMARTS) is 1. The lowest BCUT2D eigenvalue weighted by Gasteiger charge is -2.41. The molecule has 0 spiro atoms. The lowest BCUT2D eigenvalue weighted by molar-refractivity contribution is -0.160. The minimum atomic E-state index is -1.14. The predicted molar refractivity (Wildman–Crippen MR) is 182 cm³/mol. The number of hydrogen-bond donors (Lipinski definition) is 3. The van der Waals surface area contributed by atoms with E-state index < -0.39 is 17.7 Å². The summed E-state index contributed by atoms with van der Waals surface area (Å²) >= 11 is 0. The number of anilines is 3. The molecule has 1 aromatic carbocycles. The number of hydrogen-bond acceptors (Lipinski definition) is 9. The third-order valence-corrected chi connectivity index (χ3v) is 9.27. The molecule has 2 aliphatic rings. The Kier molecular flexibility index (Phi) is 8.16. The maximum Gasteiger partial charge on any atom is 0.337 e. The summed E-state index contributed by atoms with van der Waals surface area (Å²) in [6.07, 6.45) is 3.36. The molecule has 0 radical (unpaired) electrons.